The molecule has 1 aromatic carbocycles. The average molecular weight is 256 g/mol. The molecule has 1 rings (SSSR count). The first kappa shape index (κ1) is 13.9. The number of para-hydroxylation sites is 2. The first-order valence-corrected chi connectivity index (χ1v) is 6.00. The Kier molecular flexibility index (Phi) is 6.51. The molecule has 0 aliphatic heterocycles. The largest absolute Gasteiger partial charge is 0.490 e. The minimum atomic E-state index is 0.564. The van der Waals surface area contributed by atoms with Crippen LogP contribution in [0.4, 0.5) is 0 Å². The molecule has 0 unspecified atom stereocenters. The summed E-state index contributed by atoms with van der Waals surface area (Å²) >= 11 is 5.62. The van der Waals surface area contributed by atoms with Crippen LogP contribution in [0.2, 0.25) is 0 Å². The highest BCUT2D eigenvalue weighted by molar-refractivity contribution is 6.29. The van der Waals surface area contributed by atoms with E-state index in [1.165, 1.54) is 0 Å². The van der Waals surface area contributed by atoms with Gasteiger partial charge in [-0.3, -0.25) is 0 Å². The van der Waals surface area contributed by atoms with E-state index in [-0.39, 0.29) is 0 Å². The summed E-state index contributed by atoms with van der Waals surface area (Å²) in [6.45, 7) is 8.04. The molecule has 0 aliphatic rings. The van der Waals surface area contributed by atoms with Crippen molar-refractivity contribution in [1.82, 2.24) is 5.32 Å². The maximum Gasteiger partial charge on any atom is 0.161 e. The van der Waals surface area contributed by atoms with Crippen LogP contribution < -0.4 is 14.8 Å². The third-order valence-electron chi connectivity index (χ3n) is 2.00. The summed E-state index contributed by atoms with van der Waals surface area (Å²) < 4.78 is 11.1. The highest BCUT2D eigenvalue weighted by atomic mass is 35.5. The molecule has 0 saturated heterocycles. The maximum atomic E-state index is 5.62. The van der Waals surface area contributed by atoms with Crippen LogP contribution in [0.25, 0.3) is 0 Å². The van der Waals surface area contributed by atoms with Gasteiger partial charge in [0.1, 0.15) is 6.61 Å². The zero-order chi connectivity index (χ0) is 12.5. The van der Waals surface area contributed by atoms with Crippen molar-refractivity contribution in [2.24, 2.45) is 0 Å². The van der Waals surface area contributed by atoms with Crippen LogP contribution in [-0.2, 0) is 0 Å². The van der Waals surface area contributed by atoms with Gasteiger partial charge in [-0.25, -0.2) is 0 Å². The third kappa shape index (κ3) is 5.61. The summed E-state index contributed by atoms with van der Waals surface area (Å²) in [6.07, 6.45) is 0. The molecule has 0 heterocycles. The Balaban J connectivity index is 2.33. The SMILES string of the molecule is C=C(Cl)CNCCOc1ccccc1OCC. The second kappa shape index (κ2) is 7.98. The molecular formula is C13H18ClNO2. The summed E-state index contributed by atoms with van der Waals surface area (Å²) in [5.74, 6) is 1.54. The van der Waals surface area contributed by atoms with Crippen molar-refractivity contribution in [3.8, 4) is 11.5 Å². The molecule has 4 heteroatoms. The summed E-state index contributed by atoms with van der Waals surface area (Å²) in [4.78, 5) is 0. The van der Waals surface area contributed by atoms with Gasteiger partial charge in [0.25, 0.3) is 0 Å². The highest BCUT2D eigenvalue weighted by Gasteiger charge is 2.02. The third-order valence-corrected chi connectivity index (χ3v) is 2.14. The van der Waals surface area contributed by atoms with E-state index >= 15 is 0 Å². The lowest BCUT2D eigenvalue weighted by Crippen LogP contribution is -2.22. The van der Waals surface area contributed by atoms with Crippen molar-refractivity contribution in [2.75, 3.05) is 26.3 Å². The van der Waals surface area contributed by atoms with Gasteiger partial charge in [-0.05, 0) is 19.1 Å². The number of rotatable bonds is 8. The molecule has 0 aliphatic carbocycles. The zero-order valence-electron chi connectivity index (χ0n) is 10.0. The van der Waals surface area contributed by atoms with Gasteiger partial charge < -0.3 is 14.8 Å². The van der Waals surface area contributed by atoms with Gasteiger partial charge in [-0.15, -0.1) is 0 Å². The molecule has 0 spiro atoms. The lowest BCUT2D eigenvalue weighted by atomic mass is 10.3. The smallest absolute Gasteiger partial charge is 0.161 e. The van der Waals surface area contributed by atoms with Crippen LogP contribution in [0, 0.1) is 0 Å². The van der Waals surface area contributed by atoms with E-state index in [0.717, 1.165) is 11.5 Å². The number of ether oxygens (including phenoxy) is 2. The van der Waals surface area contributed by atoms with Gasteiger partial charge >= 0.3 is 0 Å². The highest BCUT2D eigenvalue weighted by Crippen LogP contribution is 2.25. The van der Waals surface area contributed by atoms with Gasteiger partial charge in [0.15, 0.2) is 11.5 Å². The summed E-state index contributed by atoms with van der Waals surface area (Å²) in [7, 11) is 0. The maximum absolute atomic E-state index is 5.62. The number of hydrogen-bond donors (Lipinski definition) is 1. The van der Waals surface area contributed by atoms with Gasteiger partial charge in [-0.1, -0.05) is 30.3 Å². The van der Waals surface area contributed by atoms with Crippen LogP contribution in [0.1, 0.15) is 6.92 Å². The molecule has 3 nitrogen and oxygen atoms in total. The topological polar surface area (TPSA) is 30.5 Å². The summed E-state index contributed by atoms with van der Waals surface area (Å²) in [5, 5.41) is 3.71. The number of nitrogens with one attached hydrogen (secondary N) is 1. The Morgan fingerprint density at radius 2 is 1.94 bits per heavy atom. The molecule has 17 heavy (non-hydrogen) atoms. The first-order valence-electron chi connectivity index (χ1n) is 5.62. The predicted molar refractivity (Wildman–Crippen MR) is 71.0 cm³/mol. The molecule has 1 aromatic rings. The summed E-state index contributed by atoms with van der Waals surface area (Å²) in [6, 6.07) is 7.64. The Labute approximate surface area is 107 Å². The average Bonchev–Trinajstić information content (AvgIpc) is 2.31. The zero-order valence-corrected chi connectivity index (χ0v) is 10.8. The molecule has 0 bridgehead atoms. The van der Waals surface area contributed by atoms with Crippen molar-refractivity contribution in [3.05, 3.63) is 35.9 Å². The molecule has 94 valence electrons. The lowest BCUT2D eigenvalue weighted by molar-refractivity contribution is 0.277. The van der Waals surface area contributed by atoms with E-state index < -0.39 is 0 Å². The van der Waals surface area contributed by atoms with Crippen LogP contribution in [0.3, 0.4) is 0 Å². The molecule has 0 atom stereocenters. The summed E-state index contributed by atoms with van der Waals surface area (Å²) in [5.41, 5.74) is 0. The van der Waals surface area contributed by atoms with Gasteiger partial charge in [-0.2, -0.15) is 0 Å². The van der Waals surface area contributed by atoms with Crippen LogP contribution in [0.5, 0.6) is 11.5 Å². The van der Waals surface area contributed by atoms with Crippen LogP contribution >= 0.6 is 11.6 Å². The normalized spacial score (nSPS) is 10.0. The Morgan fingerprint density at radius 1 is 1.29 bits per heavy atom. The van der Waals surface area contributed by atoms with E-state index in [1.54, 1.807) is 0 Å². The van der Waals surface area contributed by atoms with Crippen molar-refractivity contribution in [3.63, 3.8) is 0 Å². The van der Waals surface area contributed by atoms with Gasteiger partial charge in [0, 0.05) is 18.1 Å². The Hall–Kier alpha value is -1.19. The minimum absolute atomic E-state index is 0.564. The Morgan fingerprint density at radius 3 is 2.53 bits per heavy atom. The van der Waals surface area contributed by atoms with Crippen molar-refractivity contribution < 1.29 is 9.47 Å². The van der Waals surface area contributed by atoms with E-state index in [9.17, 15) is 0 Å². The standard InChI is InChI=1S/C13H18ClNO2/c1-3-16-12-6-4-5-7-13(12)17-9-8-15-10-11(2)14/h4-7,15H,2-3,8-10H2,1H3. The molecule has 0 fully saturated rings. The first-order chi connectivity index (χ1) is 8.24. The monoisotopic (exact) mass is 255 g/mol. The fourth-order valence-electron chi connectivity index (χ4n) is 1.30. The van der Waals surface area contributed by atoms with Gasteiger partial charge in [0.05, 0.1) is 6.61 Å². The second-order valence-electron chi connectivity index (χ2n) is 3.42. The quantitative estimate of drug-likeness (QED) is 0.725. The van der Waals surface area contributed by atoms with Crippen molar-refractivity contribution in [2.45, 2.75) is 6.92 Å². The molecule has 0 radical (unpaired) electrons. The molecule has 1 N–H and O–H groups in total. The van der Waals surface area contributed by atoms with E-state index in [1.807, 2.05) is 31.2 Å². The van der Waals surface area contributed by atoms with Crippen molar-refractivity contribution in [1.29, 1.82) is 0 Å². The molecular weight excluding hydrogens is 238 g/mol. The van der Waals surface area contributed by atoms with Crippen LogP contribution in [0.15, 0.2) is 35.9 Å². The fraction of sp³-hybridized carbons (Fsp3) is 0.385. The van der Waals surface area contributed by atoms with Crippen molar-refractivity contribution >= 4 is 11.6 Å². The minimum Gasteiger partial charge on any atom is -0.490 e. The number of hydrogen-bond acceptors (Lipinski definition) is 3. The number of halogens is 1. The second-order valence-corrected chi connectivity index (χ2v) is 3.96. The van der Waals surface area contributed by atoms with E-state index in [0.29, 0.717) is 31.3 Å². The van der Waals surface area contributed by atoms with E-state index in [4.69, 9.17) is 21.1 Å². The molecule has 0 saturated carbocycles. The van der Waals surface area contributed by atoms with Crippen LogP contribution in [-0.4, -0.2) is 26.3 Å². The van der Waals surface area contributed by atoms with E-state index in [2.05, 4.69) is 11.9 Å². The van der Waals surface area contributed by atoms with Gasteiger partial charge in [0.2, 0.25) is 0 Å². The molecule has 0 aromatic heterocycles. The fourth-order valence-corrected chi connectivity index (χ4v) is 1.40. The lowest BCUT2D eigenvalue weighted by Gasteiger charge is -2.11. The predicted octanol–water partition coefficient (Wildman–Crippen LogP) is 2.81. The molecule has 0 amide bonds. The Bertz CT molecular complexity index is 355. The number of benzene rings is 1.